The molecule has 0 amide bonds. The van der Waals surface area contributed by atoms with Crippen LogP contribution in [0.5, 0.6) is 0 Å². The van der Waals surface area contributed by atoms with Crippen LogP contribution in [-0.2, 0) is 0 Å². The smallest absolute Gasteiger partial charge is 0.0637 e. The van der Waals surface area contributed by atoms with Crippen molar-refractivity contribution in [2.75, 3.05) is 5.32 Å². The number of rotatable bonds is 3. The average molecular weight is 311 g/mol. The summed E-state index contributed by atoms with van der Waals surface area (Å²) in [5.74, 6) is 0. The van der Waals surface area contributed by atoms with Gasteiger partial charge in [0.1, 0.15) is 0 Å². The van der Waals surface area contributed by atoms with Crippen molar-refractivity contribution >= 4 is 33.2 Å². The number of halogens is 2. The van der Waals surface area contributed by atoms with E-state index in [1.807, 2.05) is 36.4 Å². The van der Waals surface area contributed by atoms with E-state index < -0.39 is 0 Å². The lowest BCUT2D eigenvalue weighted by molar-refractivity contribution is 0.884. The molecule has 1 nitrogen and oxygen atoms in total. The third kappa shape index (κ3) is 3.24. The van der Waals surface area contributed by atoms with E-state index in [1.54, 1.807) is 0 Å². The van der Waals surface area contributed by atoms with Gasteiger partial charge in [-0.25, -0.2) is 0 Å². The van der Waals surface area contributed by atoms with Gasteiger partial charge in [-0.15, -0.1) is 0 Å². The first-order valence-electron chi connectivity index (χ1n) is 5.43. The maximum absolute atomic E-state index is 6.11. The Bertz CT molecular complexity index is 496. The first-order chi connectivity index (χ1) is 8.16. The SMILES string of the molecule is CC(Nc1ccccc1Cl)c1ccc(Br)cc1. The zero-order valence-electron chi connectivity index (χ0n) is 9.45. The second-order valence-electron chi connectivity index (χ2n) is 3.90. The summed E-state index contributed by atoms with van der Waals surface area (Å²) in [6.07, 6.45) is 0. The van der Waals surface area contributed by atoms with Gasteiger partial charge in [0, 0.05) is 10.5 Å². The van der Waals surface area contributed by atoms with Gasteiger partial charge < -0.3 is 5.32 Å². The number of para-hydroxylation sites is 1. The maximum atomic E-state index is 6.11. The van der Waals surface area contributed by atoms with Gasteiger partial charge >= 0.3 is 0 Å². The molecule has 0 aliphatic carbocycles. The van der Waals surface area contributed by atoms with Crippen molar-refractivity contribution in [3.05, 3.63) is 63.6 Å². The van der Waals surface area contributed by atoms with E-state index in [4.69, 9.17) is 11.6 Å². The van der Waals surface area contributed by atoms with Crippen LogP contribution in [0.3, 0.4) is 0 Å². The van der Waals surface area contributed by atoms with Crippen molar-refractivity contribution < 1.29 is 0 Å². The molecule has 0 aromatic heterocycles. The molecule has 0 aliphatic heterocycles. The molecule has 0 saturated heterocycles. The summed E-state index contributed by atoms with van der Waals surface area (Å²) in [4.78, 5) is 0. The highest BCUT2D eigenvalue weighted by Crippen LogP contribution is 2.26. The molecule has 0 aliphatic rings. The summed E-state index contributed by atoms with van der Waals surface area (Å²) in [7, 11) is 0. The quantitative estimate of drug-likeness (QED) is 0.813. The van der Waals surface area contributed by atoms with Crippen molar-refractivity contribution in [2.24, 2.45) is 0 Å². The van der Waals surface area contributed by atoms with Crippen LogP contribution in [0.1, 0.15) is 18.5 Å². The van der Waals surface area contributed by atoms with E-state index in [0.717, 1.165) is 15.2 Å². The van der Waals surface area contributed by atoms with E-state index in [9.17, 15) is 0 Å². The Balaban J connectivity index is 2.14. The van der Waals surface area contributed by atoms with Crippen molar-refractivity contribution in [1.82, 2.24) is 0 Å². The second kappa shape index (κ2) is 5.56. The van der Waals surface area contributed by atoms with E-state index in [2.05, 4.69) is 40.3 Å². The predicted octanol–water partition coefficient (Wildman–Crippen LogP) is 5.28. The number of hydrogen-bond donors (Lipinski definition) is 1. The highest BCUT2D eigenvalue weighted by molar-refractivity contribution is 9.10. The van der Waals surface area contributed by atoms with Crippen LogP contribution < -0.4 is 5.32 Å². The van der Waals surface area contributed by atoms with Gasteiger partial charge in [-0.1, -0.05) is 51.8 Å². The number of anilines is 1. The van der Waals surface area contributed by atoms with Crippen molar-refractivity contribution in [1.29, 1.82) is 0 Å². The van der Waals surface area contributed by atoms with Crippen molar-refractivity contribution in [3.63, 3.8) is 0 Å². The molecular formula is C14H13BrClN. The molecule has 88 valence electrons. The zero-order valence-corrected chi connectivity index (χ0v) is 11.8. The molecular weight excluding hydrogens is 298 g/mol. The molecule has 0 radical (unpaired) electrons. The van der Waals surface area contributed by atoms with Crippen molar-refractivity contribution in [2.45, 2.75) is 13.0 Å². The molecule has 2 aromatic rings. The van der Waals surface area contributed by atoms with Gasteiger partial charge in [0.05, 0.1) is 10.7 Å². The molecule has 0 spiro atoms. The van der Waals surface area contributed by atoms with Gasteiger partial charge in [-0.05, 0) is 36.8 Å². The summed E-state index contributed by atoms with van der Waals surface area (Å²) in [5, 5.41) is 4.15. The van der Waals surface area contributed by atoms with Gasteiger partial charge in [0.2, 0.25) is 0 Å². The lowest BCUT2D eigenvalue weighted by atomic mass is 10.1. The van der Waals surface area contributed by atoms with Crippen LogP contribution in [0, 0.1) is 0 Å². The third-order valence-corrected chi connectivity index (χ3v) is 3.47. The molecule has 1 N–H and O–H groups in total. The Morgan fingerprint density at radius 2 is 1.71 bits per heavy atom. The summed E-state index contributed by atoms with van der Waals surface area (Å²) in [5.41, 5.74) is 2.19. The molecule has 0 heterocycles. The molecule has 0 fully saturated rings. The van der Waals surface area contributed by atoms with Gasteiger partial charge in [0.25, 0.3) is 0 Å². The Kier molecular flexibility index (Phi) is 4.08. The fourth-order valence-electron chi connectivity index (χ4n) is 1.65. The van der Waals surface area contributed by atoms with Gasteiger partial charge in [-0.3, -0.25) is 0 Å². The standard InChI is InChI=1S/C14H13BrClN/c1-10(11-6-8-12(15)9-7-11)17-14-5-3-2-4-13(14)16/h2-10,17H,1H3. The number of benzene rings is 2. The van der Waals surface area contributed by atoms with Gasteiger partial charge in [0.15, 0.2) is 0 Å². The van der Waals surface area contributed by atoms with Crippen LogP contribution in [0.2, 0.25) is 5.02 Å². The largest absolute Gasteiger partial charge is 0.377 e. The number of hydrogen-bond acceptors (Lipinski definition) is 1. The Hall–Kier alpha value is -0.990. The minimum atomic E-state index is 0.225. The summed E-state index contributed by atoms with van der Waals surface area (Å²) < 4.78 is 1.09. The van der Waals surface area contributed by atoms with E-state index in [1.165, 1.54) is 5.56 Å². The van der Waals surface area contributed by atoms with Gasteiger partial charge in [-0.2, -0.15) is 0 Å². The van der Waals surface area contributed by atoms with E-state index >= 15 is 0 Å². The summed E-state index contributed by atoms with van der Waals surface area (Å²) in [6.45, 7) is 2.12. The third-order valence-electron chi connectivity index (χ3n) is 2.62. The first kappa shape index (κ1) is 12.5. The lowest BCUT2D eigenvalue weighted by Crippen LogP contribution is -2.06. The Labute approximate surface area is 115 Å². The van der Waals surface area contributed by atoms with Crippen LogP contribution in [-0.4, -0.2) is 0 Å². The monoisotopic (exact) mass is 309 g/mol. The highest BCUT2D eigenvalue weighted by atomic mass is 79.9. The first-order valence-corrected chi connectivity index (χ1v) is 6.60. The second-order valence-corrected chi connectivity index (χ2v) is 5.22. The van der Waals surface area contributed by atoms with Crippen LogP contribution in [0.4, 0.5) is 5.69 Å². The molecule has 1 atom stereocenters. The van der Waals surface area contributed by atoms with E-state index in [0.29, 0.717) is 0 Å². The predicted molar refractivity (Wildman–Crippen MR) is 77.6 cm³/mol. The molecule has 3 heteroatoms. The molecule has 1 unspecified atom stereocenters. The Morgan fingerprint density at radius 1 is 1.06 bits per heavy atom. The lowest BCUT2D eigenvalue weighted by Gasteiger charge is -2.16. The fourth-order valence-corrected chi connectivity index (χ4v) is 2.10. The molecule has 0 bridgehead atoms. The fraction of sp³-hybridized carbons (Fsp3) is 0.143. The zero-order chi connectivity index (χ0) is 12.3. The van der Waals surface area contributed by atoms with Crippen LogP contribution >= 0.6 is 27.5 Å². The van der Waals surface area contributed by atoms with E-state index in [-0.39, 0.29) is 6.04 Å². The molecule has 2 rings (SSSR count). The number of nitrogens with one attached hydrogen (secondary N) is 1. The topological polar surface area (TPSA) is 12.0 Å². The summed E-state index contributed by atoms with van der Waals surface area (Å²) >= 11 is 9.54. The molecule has 0 saturated carbocycles. The Morgan fingerprint density at radius 3 is 2.35 bits per heavy atom. The van der Waals surface area contributed by atoms with Crippen LogP contribution in [0.25, 0.3) is 0 Å². The minimum absolute atomic E-state index is 0.225. The molecule has 17 heavy (non-hydrogen) atoms. The highest BCUT2D eigenvalue weighted by Gasteiger charge is 2.06. The molecule has 2 aromatic carbocycles. The maximum Gasteiger partial charge on any atom is 0.0637 e. The van der Waals surface area contributed by atoms with Crippen molar-refractivity contribution in [3.8, 4) is 0 Å². The summed E-state index contributed by atoms with van der Waals surface area (Å²) in [6, 6.07) is 16.3. The average Bonchev–Trinajstić information content (AvgIpc) is 2.33. The minimum Gasteiger partial charge on any atom is -0.377 e. The normalized spacial score (nSPS) is 12.2. The van der Waals surface area contributed by atoms with Crippen LogP contribution in [0.15, 0.2) is 53.0 Å².